The smallest absolute Gasteiger partial charge is 0.127 e. The maximum atomic E-state index is 6.23. The summed E-state index contributed by atoms with van der Waals surface area (Å²) in [5.74, 6) is 0.926. The molecule has 0 aliphatic heterocycles. The Balaban J connectivity index is 3.58. The Hall–Kier alpha value is -1.02. The summed E-state index contributed by atoms with van der Waals surface area (Å²) in [7, 11) is 1.72. The van der Waals surface area contributed by atoms with Crippen LogP contribution in [0.3, 0.4) is 0 Å². The van der Waals surface area contributed by atoms with Gasteiger partial charge < -0.3 is 10.5 Å². The van der Waals surface area contributed by atoms with E-state index < -0.39 is 5.54 Å². The summed E-state index contributed by atoms with van der Waals surface area (Å²) in [6.07, 6.45) is 0. The van der Waals surface area contributed by atoms with Gasteiger partial charge >= 0.3 is 0 Å². The van der Waals surface area contributed by atoms with Crippen LogP contribution in [0.1, 0.15) is 51.3 Å². The Kier molecular flexibility index (Phi) is 3.58. The van der Waals surface area contributed by atoms with E-state index in [1.165, 1.54) is 11.1 Å². The second-order valence-electron chi connectivity index (χ2n) is 6.36. The molecule has 0 amide bonds. The highest BCUT2D eigenvalue weighted by molar-refractivity contribution is 5.50. The van der Waals surface area contributed by atoms with Gasteiger partial charge in [-0.15, -0.1) is 0 Å². The molecule has 0 spiro atoms. The lowest BCUT2D eigenvalue weighted by atomic mass is 9.81. The van der Waals surface area contributed by atoms with Gasteiger partial charge in [-0.25, -0.2) is 0 Å². The minimum absolute atomic E-state index is 0.0529. The molecular weight excluding hydrogens is 210 g/mol. The third-order valence-electron chi connectivity index (χ3n) is 2.94. The largest absolute Gasteiger partial charge is 0.496 e. The van der Waals surface area contributed by atoms with E-state index in [1.807, 2.05) is 13.8 Å². The van der Waals surface area contributed by atoms with E-state index in [0.717, 1.165) is 11.3 Å². The number of ether oxygens (including phenoxy) is 1. The van der Waals surface area contributed by atoms with Gasteiger partial charge in [0, 0.05) is 16.7 Å². The molecule has 0 saturated carbocycles. The van der Waals surface area contributed by atoms with Crippen molar-refractivity contribution in [1.29, 1.82) is 0 Å². The molecule has 1 aromatic carbocycles. The Morgan fingerprint density at radius 1 is 1.00 bits per heavy atom. The maximum Gasteiger partial charge on any atom is 0.127 e. The molecule has 17 heavy (non-hydrogen) atoms. The second kappa shape index (κ2) is 4.34. The van der Waals surface area contributed by atoms with Crippen LogP contribution in [0.5, 0.6) is 5.75 Å². The molecule has 0 aromatic heterocycles. The average molecular weight is 235 g/mol. The average Bonchev–Trinajstić information content (AvgIpc) is 2.13. The molecule has 0 bridgehead atoms. The zero-order chi connectivity index (χ0) is 13.4. The zero-order valence-corrected chi connectivity index (χ0v) is 12.1. The van der Waals surface area contributed by atoms with Crippen molar-refractivity contribution < 1.29 is 4.74 Å². The van der Waals surface area contributed by atoms with Gasteiger partial charge in [-0.3, -0.25) is 0 Å². The first-order valence-corrected chi connectivity index (χ1v) is 6.06. The molecule has 0 atom stereocenters. The lowest BCUT2D eigenvalue weighted by molar-refractivity contribution is 0.378. The number of benzene rings is 1. The van der Waals surface area contributed by atoms with Crippen molar-refractivity contribution in [3.05, 3.63) is 28.8 Å². The molecular formula is C15H25NO. The van der Waals surface area contributed by atoms with Gasteiger partial charge in [0.15, 0.2) is 0 Å². The highest BCUT2D eigenvalue weighted by Crippen LogP contribution is 2.38. The van der Waals surface area contributed by atoms with Gasteiger partial charge in [-0.05, 0) is 26.2 Å². The highest BCUT2D eigenvalue weighted by Gasteiger charge is 2.26. The van der Waals surface area contributed by atoms with Gasteiger partial charge in [0.05, 0.1) is 7.11 Å². The van der Waals surface area contributed by atoms with Crippen molar-refractivity contribution in [3.8, 4) is 5.75 Å². The number of rotatable bonds is 2. The normalized spacial score (nSPS) is 12.7. The number of hydrogen-bond acceptors (Lipinski definition) is 2. The summed E-state index contributed by atoms with van der Waals surface area (Å²) in [5.41, 5.74) is 9.41. The van der Waals surface area contributed by atoms with Crippen molar-refractivity contribution in [3.63, 3.8) is 0 Å². The van der Waals surface area contributed by atoms with E-state index in [2.05, 4.69) is 39.8 Å². The predicted octanol–water partition coefficient (Wildman–Crippen LogP) is 3.49. The minimum atomic E-state index is -0.392. The molecule has 2 heteroatoms. The topological polar surface area (TPSA) is 35.2 Å². The summed E-state index contributed by atoms with van der Waals surface area (Å²) in [5, 5.41) is 0. The SMILES string of the molecule is COc1c(C(C)(C)C)cc(C)cc1C(C)(C)N. The maximum absolute atomic E-state index is 6.23. The molecule has 0 radical (unpaired) electrons. The van der Waals surface area contributed by atoms with E-state index >= 15 is 0 Å². The van der Waals surface area contributed by atoms with Gasteiger partial charge in [-0.2, -0.15) is 0 Å². The van der Waals surface area contributed by atoms with Crippen LogP contribution in [0.4, 0.5) is 0 Å². The highest BCUT2D eigenvalue weighted by atomic mass is 16.5. The summed E-state index contributed by atoms with van der Waals surface area (Å²) in [6, 6.07) is 4.31. The van der Waals surface area contributed by atoms with Gasteiger partial charge in [-0.1, -0.05) is 38.5 Å². The number of methoxy groups -OCH3 is 1. The molecule has 1 aromatic rings. The van der Waals surface area contributed by atoms with Crippen LogP contribution in [0.25, 0.3) is 0 Å². The monoisotopic (exact) mass is 235 g/mol. The van der Waals surface area contributed by atoms with Crippen molar-refractivity contribution >= 4 is 0 Å². The van der Waals surface area contributed by atoms with Crippen LogP contribution in [0.2, 0.25) is 0 Å². The van der Waals surface area contributed by atoms with Crippen LogP contribution < -0.4 is 10.5 Å². The Bertz CT molecular complexity index is 373. The molecule has 0 aliphatic rings. The number of aryl methyl sites for hydroxylation is 1. The predicted molar refractivity (Wildman–Crippen MR) is 73.6 cm³/mol. The van der Waals surface area contributed by atoms with Crippen LogP contribution in [0, 0.1) is 6.92 Å². The lowest BCUT2D eigenvalue weighted by Crippen LogP contribution is -2.30. The molecule has 0 fully saturated rings. The van der Waals surface area contributed by atoms with Crippen LogP contribution in [-0.4, -0.2) is 7.11 Å². The van der Waals surface area contributed by atoms with Crippen LogP contribution in [0.15, 0.2) is 12.1 Å². The zero-order valence-electron chi connectivity index (χ0n) is 12.1. The quantitative estimate of drug-likeness (QED) is 0.851. The summed E-state index contributed by atoms with van der Waals surface area (Å²) >= 11 is 0. The second-order valence-corrected chi connectivity index (χ2v) is 6.36. The Labute approximate surface area is 105 Å². The van der Waals surface area contributed by atoms with E-state index in [4.69, 9.17) is 10.5 Å². The molecule has 0 heterocycles. The van der Waals surface area contributed by atoms with Crippen LogP contribution >= 0.6 is 0 Å². The van der Waals surface area contributed by atoms with Crippen molar-refractivity contribution in [2.24, 2.45) is 5.73 Å². The third-order valence-corrected chi connectivity index (χ3v) is 2.94. The van der Waals surface area contributed by atoms with Crippen molar-refractivity contribution in [1.82, 2.24) is 0 Å². The molecule has 96 valence electrons. The van der Waals surface area contributed by atoms with Crippen molar-refractivity contribution in [2.45, 2.75) is 52.5 Å². The van der Waals surface area contributed by atoms with Crippen LogP contribution in [-0.2, 0) is 11.0 Å². The molecule has 1 rings (SSSR count). The molecule has 0 unspecified atom stereocenters. The van der Waals surface area contributed by atoms with E-state index in [9.17, 15) is 0 Å². The van der Waals surface area contributed by atoms with E-state index in [1.54, 1.807) is 7.11 Å². The fourth-order valence-corrected chi connectivity index (χ4v) is 2.03. The lowest BCUT2D eigenvalue weighted by Gasteiger charge is -2.29. The molecule has 2 N–H and O–H groups in total. The summed E-state index contributed by atoms with van der Waals surface area (Å²) in [6.45, 7) is 12.7. The summed E-state index contributed by atoms with van der Waals surface area (Å²) < 4.78 is 5.60. The Morgan fingerprint density at radius 3 is 1.82 bits per heavy atom. The van der Waals surface area contributed by atoms with Gasteiger partial charge in [0.1, 0.15) is 5.75 Å². The Morgan fingerprint density at radius 2 is 1.47 bits per heavy atom. The first-order valence-electron chi connectivity index (χ1n) is 6.06. The van der Waals surface area contributed by atoms with Gasteiger partial charge in [0.25, 0.3) is 0 Å². The van der Waals surface area contributed by atoms with E-state index in [0.29, 0.717) is 0 Å². The summed E-state index contributed by atoms with van der Waals surface area (Å²) in [4.78, 5) is 0. The number of nitrogens with two attached hydrogens (primary N) is 1. The molecule has 0 saturated heterocycles. The minimum Gasteiger partial charge on any atom is -0.496 e. The standard InChI is InChI=1S/C15H25NO/c1-10-8-11(14(2,3)4)13(17-7)12(9-10)15(5,6)16/h8-9H,16H2,1-7H3. The molecule has 2 nitrogen and oxygen atoms in total. The van der Waals surface area contributed by atoms with E-state index in [-0.39, 0.29) is 5.41 Å². The first kappa shape index (κ1) is 14.0. The fraction of sp³-hybridized carbons (Fsp3) is 0.600. The fourth-order valence-electron chi connectivity index (χ4n) is 2.03. The first-order chi connectivity index (χ1) is 7.57. The third kappa shape index (κ3) is 3.01. The van der Waals surface area contributed by atoms with Crippen molar-refractivity contribution in [2.75, 3.05) is 7.11 Å². The van der Waals surface area contributed by atoms with Gasteiger partial charge in [0.2, 0.25) is 0 Å². The molecule has 0 aliphatic carbocycles. The number of hydrogen-bond donors (Lipinski definition) is 1.